The van der Waals surface area contributed by atoms with Gasteiger partial charge in [-0.2, -0.15) is 5.10 Å². The Morgan fingerprint density at radius 2 is 2.05 bits per heavy atom. The van der Waals surface area contributed by atoms with E-state index in [1.54, 1.807) is 12.1 Å². The Labute approximate surface area is 118 Å². The number of aromatic nitrogens is 2. The maximum absolute atomic E-state index is 11.4. The van der Waals surface area contributed by atoms with Crippen molar-refractivity contribution in [2.45, 2.75) is 31.7 Å². The molecule has 4 N–H and O–H groups in total. The van der Waals surface area contributed by atoms with Gasteiger partial charge < -0.3 is 5.32 Å². The van der Waals surface area contributed by atoms with Crippen molar-refractivity contribution >= 4 is 15.7 Å². The maximum Gasteiger partial charge on any atom is 0.238 e. The van der Waals surface area contributed by atoms with E-state index in [2.05, 4.69) is 15.5 Å². The van der Waals surface area contributed by atoms with Crippen LogP contribution >= 0.6 is 0 Å². The third-order valence-corrected chi connectivity index (χ3v) is 4.09. The van der Waals surface area contributed by atoms with Gasteiger partial charge in [0.15, 0.2) is 0 Å². The van der Waals surface area contributed by atoms with Crippen molar-refractivity contribution in [2.75, 3.05) is 5.32 Å². The summed E-state index contributed by atoms with van der Waals surface area (Å²) in [5.74, 6) is 0. The van der Waals surface area contributed by atoms with Gasteiger partial charge >= 0.3 is 0 Å². The lowest BCUT2D eigenvalue weighted by molar-refractivity contribution is 0.597. The second kappa shape index (κ2) is 5.26. The normalized spacial score (nSPS) is 13.2. The molecule has 0 radical (unpaired) electrons. The summed E-state index contributed by atoms with van der Waals surface area (Å²) < 4.78 is 22.8. The molecule has 0 bridgehead atoms. The number of nitrogens with two attached hydrogens (primary N) is 1. The molecule has 7 heteroatoms. The molecule has 1 unspecified atom stereocenters. The number of hydrogen-bond acceptors (Lipinski definition) is 4. The standard InChI is InChI=1S/C13H18N4O2S/c1-8(15-13-9(2)16-17-10(13)3)11-5-4-6-12(7-11)20(14,18)19/h4-8,15H,1-3H3,(H,16,17)(H2,14,18,19). The lowest BCUT2D eigenvalue weighted by atomic mass is 10.1. The second-order valence-electron chi connectivity index (χ2n) is 4.79. The SMILES string of the molecule is Cc1n[nH]c(C)c1NC(C)c1cccc(S(N)(=O)=O)c1. The van der Waals surface area contributed by atoms with Crippen LogP contribution in [0.25, 0.3) is 0 Å². The Kier molecular flexibility index (Phi) is 3.82. The van der Waals surface area contributed by atoms with Gasteiger partial charge in [0.05, 0.1) is 22.0 Å². The fraction of sp³-hybridized carbons (Fsp3) is 0.308. The number of primary sulfonamides is 1. The lowest BCUT2D eigenvalue weighted by Crippen LogP contribution is -2.14. The molecule has 1 heterocycles. The first-order valence-electron chi connectivity index (χ1n) is 6.20. The summed E-state index contributed by atoms with van der Waals surface area (Å²) in [4.78, 5) is 0.115. The molecule has 0 saturated heterocycles. The largest absolute Gasteiger partial charge is 0.376 e. The van der Waals surface area contributed by atoms with Crippen LogP contribution in [0.3, 0.4) is 0 Å². The molecule has 1 atom stereocenters. The number of anilines is 1. The Morgan fingerprint density at radius 3 is 2.60 bits per heavy atom. The van der Waals surface area contributed by atoms with Gasteiger partial charge in [0.2, 0.25) is 10.0 Å². The van der Waals surface area contributed by atoms with Crippen LogP contribution < -0.4 is 10.5 Å². The van der Waals surface area contributed by atoms with Crippen molar-refractivity contribution in [1.29, 1.82) is 0 Å². The van der Waals surface area contributed by atoms with E-state index in [-0.39, 0.29) is 10.9 Å². The van der Waals surface area contributed by atoms with E-state index in [1.807, 2.05) is 26.8 Å². The summed E-state index contributed by atoms with van der Waals surface area (Å²) in [6.07, 6.45) is 0. The number of H-pyrrole nitrogens is 1. The van der Waals surface area contributed by atoms with Crippen molar-refractivity contribution in [1.82, 2.24) is 10.2 Å². The third kappa shape index (κ3) is 3.00. The Morgan fingerprint density at radius 1 is 1.35 bits per heavy atom. The van der Waals surface area contributed by atoms with E-state index in [0.717, 1.165) is 22.6 Å². The maximum atomic E-state index is 11.4. The van der Waals surface area contributed by atoms with Crippen LogP contribution in [-0.2, 0) is 10.0 Å². The van der Waals surface area contributed by atoms with Gasteiger partial charge in [-0.25, -0.2) is 13.6 Å². The van der Waals surface area contributed by atoms with Crippen LogP contribution in [0.5, 0.6) is 0 Å². The molecule has 1 aromatic carbocycles. The number of benzene rings is 1. The molecular formula is C13H18N4O2S. The summed E-state index contributed by atoms with van der Waals surface area (Å²) in [7, 11) is -3.68. The van der Waals surface area contributed by atoms with E-state index in [1.165, 1.54) is 6.07 Å². The smallest absolute Gasteiger partial charge is 0.238 e. The van der Waals surface area contributed by atoms with Gasteiger partial charge in [-0.1, -0.05) is 12.1 Å². The number of rotatable bonds is 4. The zero-order valence-electron chi connectivity index (χ0n) is 11.6. The third-order valence-electron chi connectivity index (χ3n) is 3.18. The van der Waals surface area contributed by atoms with Gasteiger partial charge in [0.25, 0.3) is 0 Å². The van der Waals surface area contributed by atoms with Crippen LogP contribution in [0.4, 0.5) is 5.69 Å². The predicted octanol–water partition coefficient (Wildman–Crippen LogP) is 1.85. The highest BCUT2D eigenvalue weighted by atomic mass is 32.2. The predicted molar refractivity (Wildman–Crippen MR) is 77.9 cm³/mol. The van der Waals surface area contributed by atoms with Crippen molar-refractivity contribution in [3.8, 4) is 0 Å². The summed E-state index contributed by atoms with van der Waals surface area (Å²) in [5, 5.41) is 15.5. The van der Waals surface area contributed by atoms with Gasteiger partial charge in [0.1, 0.15) is 0 Å². The Balaban J connectivity index is 2.28. The molecule has 1 aromatic heterocycles. The minimum absolute atomic E-state index is 0.0632. The average Bonchev–Trinajstić information content (AvgIpc) is 2.69. The number of sulfonamides is 1. The Hall–Kier alpha value is -1.86. The lowest BCUT2D eigenvalue weighted by Gasteiger charge is -2.16. The molecule has 0 aliphatic heterocycles. The van der Waals surface area contributed by atoms with Crippen LogP contribution in [0.2, 0.25) is 0 Å². The number of aromatic amines is 1. The number of hydrogen-bond donors (Lipinski definition) is 3. The molecule has 0 aliphatic rings. The summed E-state index contributed by atoms with van der Waals surface area (Å²) in [5.41, 5.74) is 3.59. The van der Waals surface area contributed by atoms with Gasteiger partial charge in [-0.3, -0.25) is 5.10 Å². The molecule has 0 aliphatic carbocycles. The van der Waals surface area contributed by atoms with Gasteiger partial charge in [-0.15, -0.1) is 0 Å². The van der Waals surface area contributed by atoms with Crippen LogP contribution in [0.1, 0.15) is 29.9 Å². The molecule has 0 amide bonds. The van der Waals surface area contributed by atoms with E-state index in [9.17, 15) is 8.42 Å². The van der Waals surface area contributed by atoms with Crippen molar-refractivity contribution in [3.63, 3.8) is 0 Å². The highest BCUT2D eigenvalue weighted by Crippen LogP contribution is 2.24. The van der Waals surface area contributed by atoms with Crippen LogP contribution in [-0.4, -0.2) is 18.6 Å². The fourth-order valence-electron chi connectivity index (χ4n) is 2.02. The molecule has 108 valence electrons. The first kappa shape index (κ1) is 14.5. The molecule has 0 saturated carbocycles. The number of aryl methyl sites for hydroxylation is 2. The molecule has 20 heavy (non-hydrogen) atoms. The highest BCUT2D eigenvalue weighted by Gasteiger charge is 2.14. The minimum atomic E-state index is -3.68. The number of nitrogens with zero attached hydrogens (tertiary/aromatic N) is 1. The van der Waals surface area contributed by atoms with E-state index in [0.29, 0.717) is 0 Å². The molecule has 2 rings (SSSR count). The quantitative estimate of drug-likeness (QED) is 0.801. The monoisotopic (exact) mass is 294 g/mol. The summed E-state index contributed by atoms with van der Waals surface area (Å²) >= 11 is 0. The van der Waals surface area contributed by atoms with Crippen molar-refractivity contribution in [2.24, 2.45) is 5.14 Å². The molecule has 2 aromatic rings. The fourth-order valence-corrected chi connectivity index (χ4v) is 2.59. The zero-order valence-corrected chi connectivity index (χ0v) is 12.5. The van der Waals surface area contributed by atoms with Crippen molar-refractivity contribution < 1.29 is 8.42 Å². The summed E-state index contributed by atoms with van der Waals surface area (Å²) in [6.45, 7) is 5.78. The first-order chi connectivity index (χ1) is 9.29. The van der Waals surface area contributed by atoms with Crippen molar-refractivity contribution in [3.05, 3.63) is 41.2 Å². The topological polar surface area (TPSA) is 101 Å². The van der Waals surface area contributed by atoms with Crippen LogP contribution in [0, 0.1) is 13.8 Å². The number of nitrogens with one attached hydrogen (secondary N) is 2. The van der Waals surface area contributed by atoms with Gasteiger partial charge in [-0.05, 0) is 38.5 Å². The molecular weight excluding hydrogens is 276 g/mol. The summed E-state index contributed by atoms with van der Waals surface area (Å²) in [6, 6.07) is 6.54. The molecule has 6 nitrogen and oxygen atoms in total. The first-order valence-corrected chi connectivity index (χ1v) is 7.74. The van der Waals surface area contributed by atoms with Crippen LogP contribution in [0.15, 0.2) is 29.2 Å². The van der Waals surface area contributed by atoms with E-state index in [4.69, 9.17) is 5.14 Å². The second-order valence-corrected chi connectivity index (χ2v) is 6.35. The van der Waals surface area contributed by atoms with E-state index >= 15 is 0 Å². The highest BCUT2D eigenvalue weighted by molar-refractivity contribution is 7.89. The molecule has 0 spiro atoms. The average molecular weight is 294 g/mol. The Bertz CT molecular complexity index is 702. The van der Waals surface area contributed by atoms with Gasteiger partial charge in [0, 0.05) is 6.04 Å². The zero-order chi connectivity index (χ0) is 14.9. The molecule has 0 fully saturated rings. The van der Waals surface area contributed by atoms with E-state index < -0.39 is 10.0 Å². The minimum Gasteiger partial charge on any atom is -0.376 e.